The van der Waals surface area contributed by atoms with E-state index in [-0.39, 0.29) is 6.01 Å². The first-order chi connectivity index (χ1) is 14.2. The lowest BCUT2D eigenvalue weighted by molar-refractivity contribution is 0.353. The molecule has 0 saturated heterocycles. The average Bonchev–Trinajstić information content (AvgIpc) is 3.41. The van der Waals surface area contributed by atoms with Gasteiger partial charge in [0.1, 0.15) is 0 Å². The van der Waals surface area contributed by atoms with Crippen molar-refractivity contribution >= 4 is 17.2 Å². The fraction of sp³-hybridized carbons (Fsp3) is 0.250. The van der Waals surface area contributed by atoms with Gasteiger partial charge in [0.25, 0.3) is 0 Å². The van der Waals surface area contributed by atoms with Gasteiger partial charge in [0.05, 0.1) is 30.5 Å². The molecule has 146 valence electrons. The van der Waals surface area contributed by atoms with Gasteiger partial charge in [-0.15, -0.1) is 0 Å². The summed E-state index contributed by atoms with van der Waals surface area (Å²) in [6, 6.07) is 6.14. The smallest absolute Gasteiger partial charge is 0.319 e. The topological polar surface area (TPSA) is 87.3 Å². The highest BCUT2D eigenvalue weighted by molar-refractivity contribution is 6.30. The monoisotopic (exact) mass is 408 g/mol. The summed E-state index contributed by atoms with van der Waals surface area (Å²) in [5.41, 5.74) is 4.38. The zero-order chi connectivity index (χ0) is 20.0. The number of rotatable bonds is 5. The third-order valence-corrected chi connectivity index (χ3v) is 5.31. The molecule has 5 rings (SSSR count). The zero-order valence-electron chi connectivity index (χ0n) is 15.8. The van der Waals surface area contributed by atoms with Gasteiger partial charge in [-0.2, -0.15) is 10.1 Å². The quantitative estimate of drug-likeness (QED) is 0.499. The van der Waals surface area contributed by atoms with Gasteiger partial charge in [-0.05, 0) is 30.5 Å². The molecule has 0 unspecified atom stereocenters. The van der Waals surface area contributed by atoms with Crippen molar-refractivity contribution in [2.45, 2.75) is 18.3 Å². The number of aromatic nitrogens is 6. The molecule has 0 bridgehead atoms. The van der Waals surface area contributed by atoms with E-state index in [9.17, 15) is 0 Å². The Morgan fingerprint density at radius 2 is 1.97 bits per heavy atom. The van der Waals surface area contributed by atoms with Crippen LogP contribution in [0.5, 0.6) is 11.9 Å². The minimum atomic E-state index is 0.241. The predicted molar refractivity (Wildman–Crippen MR) is 106 cm³/mol. The van der Waals surface area contributed by atoms with Gasteiger partial charge in [-0.1, -0.05) is 11.6 Å². The molecule has 0 aliphatic heterocycles. The first-order valence-electron chi connectivity index (χ1n) is 9.09. The molecule has 1 aliphatic carbocycles. The second kappa shape index (κ2) is 6.97. The Morgan fingerprint density at radius 1 is 1.07 bits per heavy atom. The summed E-state index contributed by atoms with van der Waals surface area (Å²) < 4.78 is 12.3. The molecule has 0 aromatic carbocycles. The molecule has 9 heteroatoms. The molecule has 0 radical (unpaired) electrons. The van der Waals surface area contributed by atoms with Crippen molar-refractivity contribution in [2.75, 3.05) is 14.2 Å². The molecule has 4 heterocycles. The lowest BCUT2D eigenvalue weighted by Crippen LogP contribution is -2.02. The molecule has 1 fully saturated rings. The second-order valence-electron chi connectivity index (χ2n) is 6.81. The molecule has 0 spiro atoms. The fourth-order valence-corrected chi connectivity index (χ4v) is 3.71. The maximum Gasteiger partial charge on any atom is 0.319 e. The van der Waals surface area contributed by atoms with Crippen molar-refractivity contribution in [1.82, 2.24) is 29.5 Å². The minimum Gasteiger partial charge on any atom is -0.480 e. The fourth-order valence-electron chi connectivity index (χ4n) is 3.60. The first kappa shape index (κ1) is 17.8. The van der Waals surface area contributed by atoms with Crippen molar-refractivity contribution in [1.29, 1.82) is 0 Å². The van der Waals surface area contributed by atoms with Gasteiger partial charge >= 0.3 is 6.01 Å². The summed E-state index contributed by atoms with van der Waals surface area (Å²) in [7, 11) is 3.07. The molecule has 4 aromatic rings. The van der Waals surface area contributed by atoms with E-state index in [0.717, 1.165) is 23.3 Å². The van der Waals surface area contributed by atoms with Crippen LogP contribution in [0.4, 0.5) is 0 Å². The number of hydrogen-bond donors (Lipinski definition) is 0. The number of halogens is 1. The van der Waals surface area contributed by atoms with E-state index < -0.39 is 0 Å². The molecular weight excluding hydrogens is 392 g/mol. The van der Waals surface area contributed by atoms with Crippen LogP contribution in [-0.2, 0) is 0 Å². The second-order valence-corrected chi connectivity index (χ2v) is 7.25. The summed E-state index contributed by atoms with van der Waals surface area (Å²) >= 11 is 5.98. The molecule has 8 nitrogen and oxygen atoms in total. The van der Waals surface area contributed by atoms with Gasteiger partial charge in [0, 0.05) is 42.0 Å². The highest BCUT2D eigenvalue weighted by Gasteiger charge is 2.42. The van der Waals surface area contributed by atoms with Crippen LogP contribution in [0.15, 0.2) is 43.0 Å². The lowest BCUT2D eigenvalue weighted by atomic mass is 10.1. The maximum absolute atomic E-state index is 5.98. The normalized spacial score (nSPS) is 18.0. The van der Waals surface area contributed by atoms with Crippen LogP contribution in [0, 0.1) is 0 Å². The van der Waals surface area contributed by atoms with E-state index >= 15 is 0 Å². The first-order valence-corrected chi connectivity index (χ1v) is 9.47. The molecule has 29 heavy (non-hydrogen) atoms. The number of fused-ring (bicyclic) bond motifs is 1. The Labute approximate surface area is 171 Å². The number of methoxy groups -OCH3 is 2. The van der Waals surface area contributed by atoms with Gasteiger partial charge < -0.3 is 9.47 Å². The Balaban J connectivity index is 1.58. The van der Waals surface area contributed by atoms with Gasteiger partial charge in [-0.3, -0.25) is 4.98 Å². The summed E-state index contributed by atoms with van der Waals surface area (Å²) in [6.45, 7) is 0. The molecule has 2 atom stereocenters. The highest BCUT2D eigenvalue weighted by Crippen LogP contribution is 2.55. The summed E-state index contributed by atoms with van der Waals surface area (Å²) in [6.07, 6.45) is 7.92. The van der Waals surface area contributed by atoms with Crippen LogP contribution in [-0.4, -0.2) is 43.8 Å². The molecule has 4 aromatic heterocycles. The number of ether oxygens (including phenoxy) is 2. The van der Waals surface area contributed by atoms with E-state index in [1.165, 1.54) is 7.11 Å². The van der Waals surface area contributed by atoms with Crippen molar-refractivity contribution < 1.29 is 9.47 Å². The SMILES string of the molecule is COc1ncc(-c2cc([C@@H]3C[C@H]3c3ccc(Cl)cn3)c3nccn3n2)c(OC)n1. The summed E-state index contributed by atoms with van der Waals surface area (Å²) in [5.74, 6) is 1.04. The number of nitrogens with zero attached hydrogens (tertiary/aromatic N) is 6. The Morgan fingerprint density at radius 3 is 2.72 bits per heavy atom. The standard InChI is InChI=1S/C20H17ClN6O2/c1-28-19-15(10-24-20(25-19)29-2)17-8-14(18-22-5-6-27(18)26-17)12-7-13(12)16-4-3-11(21)9-23-16/h3-6,8-10,12-13H,7H2,1-2H3/t12-,13-/m1/s1. The van der Waals surface area contributed by atoms with Gasteiger partial charge in [0.2, 0.25) is 5.88 Å². The largest absolute Gasteiger partial charge is 0.480 e. The average molecular weight is 409 g/mol. The Hall–Kier alpha value is -3.26. The predicted octanol–water partition coefficient (Wildman–Crippen LogP) is 3.52. The highest BCUT2D eigenvalue weighted by atomic mass is 35.5. The number of hydrogen-bond acceptors (Lipinski definition) is 7. The van der Waals surface area contributed by atoms with Crippen LogP contribution >= 0.6 is 11.6 Å². The van der Waals surface area contributed by atoms with Crippen LogP contribution in [0.25, 0.3) is 16.9 Å². The summed E-state index contributed by atoms with van der Waals surface area (Å²) in [4.78, 5) is 17.5. The molecule has 1 aliphatic rings. The third-order valence-electron chi connectivity index (χ3n) is 5.09. The van der Waals surface area contributed by atoms with E-state index in [4.69, 9.17) is 21.1 Å². The van der Waals surface area contributed by atoms with E-state index in [2.05, 4.69) is 25.0 Å². The lowest BCUT2D eigenvalue weighted by Gasteiger charge is -2.10. The van der Waals surface area contributed by atoms with Crippen molar-refractivity contribution in [3.05, 3.63) is 59.3 Å². The van der Waals surface area contributed by atoms with E-state index in [1.807, 2.05) is 24.4 Å². The zero-order valence-corrected chi connectivity index (χ0v) is 16.5. The molecule has 0 N–H and O–H groups in total. The van der Waals surface area contributed by atoms with Gasteiger partial charge in [0.15, 0.2) is 5.65 Å². The minimum absolute atomic E-state index is 0.241. The molecule has 0 amide bonds. The number of pyridine rings is 1. The van der Waals surface area contributed by atoms with Crippen LogP contribution in [0.3, 0.4) is 0 Å². The van der Waals surface area contributed by atoms with Crippen LogP contribution in [0.2, 0.25) is 5.02 Å². The van der Waals surface area contributed by atoms with Crippen molar-refractivity contribution in [3.63, 3.8) is 0 Å². The maximum atomic E-state index is 5.98. The third kappa shape index (κ3) is 3.15. The molecule has 1 saturated carbocycles. The van der Waals surface area contributed by atoms with Crippen molar-refractivity contribution in [3.8, 4) is 23.1 Å². The summed E-state index contributed by atoms with van der Waals surface area (Å²) in [5, 5.41) is 5.31. The van der Waals surface area contributed by atoms with Crippen LogP contribution < -0.4 is 9.47 Å². The Bertz CT molecular complexity index is 1190. The van der Waals surface area contributed by atoms with E-state index in [0.29, 0.717) is 34.0 Å². The van der Waals surface area contributed by atoms with Crippen LogP contribution in [0.1, 0.15) is 29.5 Å². The van der Waals surface area contributed by atoms with E-state index in [1.54, 1.807) is 30.2 Å². The Kier molecular flexibility index (Phi) is 4.28. The van der Waals surface area contributed by atoms with Crippen molar-refractivity contribution in [2.24, 2.45) is 0 Å². The number of imidazole rings is 1. The molecular formula is C20H17ClN6O2. The van der Waals surface area contributed by atoms with Gasteiger partial charge in [-0.25, -0.2) is 14.5 Å².